The van der Waals surface area contributed by atoms with Crippen LogP contribution in [0.1, 0.15) is 0 Å². The van der Waals surface area contributed by atoms with Gasteiger partial charge in [-0.25, -0.2) is 4.79 Å². The highest BCUT2D eigenvalue weighted by Crippen LogP contribution is 2.25. The van der Waals surface area contributed by atoms with Crippen molar-refractivity contribution < 1.29 is 0 Å². The van der Waals surface area contributed by atoms with Crippen molar-refractivity contribution in [3.63, 3.8) is 0 Å². The molecular formula is C16H12N4O2. The molecule has 0 saturated heterocycles. The van der Waals surface area contributed by atoms with Gasteiger partial charge in [0.25, 0.3) is 5.56 Å². The maximum absolute atomic E-state index is 12.0. The highest BCUT2D eigenvalue weighted by Gasteiger charge is 2.10. The normalized spacial score (nSPS) is 10.9. The first kappa shape index (κ1) is 13.7. The van der Waals surface area contributed by atoms with Gasteiger partial charge in [-0.1, -0.05) is 48.5 Å². The summed E-state index contributed by atoms with van der Waals surface area (Å²) in [6.07, 6.45) is 0. The summed E-state index contributed by atoms with van der Waals surface area (Å²) in [5, 5.41) is 8.04. The van der Waals surface area contributed by atoms with E-state index in [2.05, 4.69) is 20.2 Å². The minimum Gasteiger partial charge on any atom is -0.305 e. The molecule has 2 aromatic carbocycles. The van der Waals surface area contributed by atoms with Crippen LogP contribution < -0.4 is 11.2 Å². The third-order valence-electron chi connectivity index (χ3n) is 3.00. The Kier molecular flexibility index (Phi) is 3.74. The second-order valence-corrected chi connectivity index (χ2v) is 4.53. The van der Waals surface area contributed by atoms with Crippen molar-refractivity contribution in [1.82, 2.24) is 9.97 Å². The standard InChI is InChI=1S/C16H12N4O2/c21-15-14(20-19-12-9-5-2-6-10-12)13(17-16(22)18-15)11-7-3-1-4-8-11/h1-10H,(H2,17,18,21,22). The van der Waals surface area contributed by atoms with Gasteiger partial charge in [-0.15, -0.1) is 5.11 Å². The first-order valence-electron chi connectivity index (χ1n) is 6.63. The molecular weight excluding hydrogens is 280 g/mol. The molecule has 0 atom stereocenters. The van der Waals surface area contributed by atoms with Crippen LogP contribution >= 0.6 is 0 Å². The highest BCUT2D eigenvalue weighted by molar-refractivity contribution is 5.70. The van der Waals surface area contributed by atoms with Gasteiger partial charge in [-0.05, 0) is 12.1 Å². The van der Waals surface area contributed by atoms with Crippen LogP contribution in [0, 0.1) is 0 Å². The quantitative estimate of drug-likeness (QED) is 0.726. The SMILES string of the molecule is O=c1[nH]c(-c2ccccc2)c(N=Nc2ccccc2)c(=O)[nH]1. The number of rotatable bonds is 3. The molecule has 0 spiro atoms. The van der Waals surface area contributed by atoms with E-state index in [4.69, 9.17) is 0 Å². The molecule has 0 aliphatic heterocycles. The van der Waals surface area contributed by atoms with Crippen LogP contribution in [-0.2, 0) is 0 Å². The van der Waals surface area contributed by atoms with Gasteiger partial charge in [0.2, 0.25) is 0 Å². The molecule has 0 amide bonds. The zero-order chi connectivity index (χ0) is 15.4. The summed E-state index contributed by atoms with van der Waals surface area (Å²) in [6, 6.07) is 18.1. The Morgan fingerprint density at radius 1 is 0.727 bits per heavy atom. The lowest BCUT2D eigenvalue weighted by Gasteiger charge is -2.03. The summed E-state index contributed by atoms with van der Waals surface area (Å²) in [5.41, 5.74) is 0.549. The van der Waals surface area contributed by atoms with Crippen molar-refractivity contribution >= 4 is 11.4 Å². The van der Waals surface area contributed by atoms with Gasteiger partial charge in [0.05, 0.1) is 11.4 Å². The number of aromatic amines is 2. The molecule has 0 unspecified atom stereocenters. The van der Waals surface area contributed by atoms with Crippen LogP contribution in [0.15, 0.2) is 80.5 Å². The minimum absolute atomic E-state index is 0.0645. The van der Waals surface area contributed by atoms with E-state index in [9.17, 15) is 9.59 Å². The Morgan fingerprint density at radius 3 is 2.05 bits per heavy atom. The van der Waals surface area contributed by atoms with Gasteiger partial charge < -0.3 is 4.98 Å². The summed E-state index contributed by atoms with van der Waals surface area (Å²) in [5.74, 6) is 0. The monoisotopic (exact) mass is 292 g/mol. The molecule has 3 rings (SSSR count). The first-order chi connectivity index (χ1) is 10.7. The van der Waals surface area contributed by atoms with Crippen molar-refractivity contribution in [2.45, 2.75) is 0 Å². The number of hydrogen-bond donors (Lipinski definition) is 2. The van der Waals surface area contributed by atoms with E-state index in [1.54, 1.807) is 24.3 Å². The molecule has 108 valence electrons. The van der Waals surface area contributed by atoms with Crippen LogP contribution in [0.5, 0.6) is 0 Å². The van der Waals surface area contributed by atoms with Crippen molar-refractivity contribution in [3.05, 3.63) is 81.5 Å². The summed E-state index contributed by atoms with van der Waals surface area (Å²) < 4.78 is 0. The Labute approximate surface area is 125 Å². The number of H-pyrrole nitrogens is 2. The lowest BCUT2D eigenvalue weighted by Crippen LogP contribution is -2.22. The maximum atomic E-state index is 12.0. The Hall–Kier alpha value is -3.28. The predicted molar refractivity (Wildman–Crippen MR) is 83.7 cm³/mol. The van der Waals surface area contributed by atoms with Gasteiger partial charge in [0.1, 0.15) is 0 Å². The Bertz CT molecular complexity index is 912. The van der Waals surface area contributed by atoms with Crippen molar-refractivity contribution in [1.29, 1.82) is 0 Å². The molecule has 1 aromatic heterocycles. The fourth-order valence-electron chi connectivity index (χ4n) is 1.99. The van der Waals surface area contributed by atoms with Gasteiger partial charge in [-0.3, -0.25) is 9.78 Å². The van der Waals surface area contributed by atoms with Gasteiger partial charge in [0, 0.05) is 5.56 Å². The molecule has 6 nitrogen and oxygen atoms in total. The molecule has 22 heavy (non-hydrogen) atoms. The molecule has 6 heteroatoms. The van der Waals surface area contributed by atoms with Crippen molar-refractivity contribution in [3.8, 4) is 11.3 Å². The molecule has 1 heterocycles. The number of azo groups is 1. The second-order valence-electron chi connectivity index (χ2n) is 4.53. The third kappa shape index (κ3) is 2.90. The van der Waals surface area contributed by atoms with Gasteiger partial charge >= 0.3 is 5.69 Å². The average molecular weight is 292 g/mol. The van der Waals surface area contributed by atoms with E-state index >= 15 is 0 Å². The van der Waals surface area contributed by atoms with Gasteiger partial charge in [0.15, 0.2) is 5.69 Å². The number of aromatic nitrogens is 2. The van der Waals surface area contributed by atoms with E-state index in [0.29, 0.717) is 16.9 Å². The van der Waals surface area contributed by atoms with Crippen LogP contribution in [0.4, 0.5) is 11.4 Å². The predicted octanol–water partition coefficient (Wildman–Crippen LogP) is 3.15. The highest BCUT2D eigenvalue weighted by atomic mass is 16.2. The van der Waals surface area contributed by atoms with Crippen molar-refractivity contribution in [2.75, 3.05) is 0 Å². The Balaban J connectivity index is 2.13. The van der Waals surface area contributed by atoms with Gasteiger partial charge in [-0.2, -0.15) is 5.11 Å². The van der Waals surface area contributed by atoms with E-state index < -0.39 is 11.2 Å². The number of hydrogen-bond acceptors (Lipinski definition) is 4. The zero-order valence-corrected chi connectivity index (χ0v) is 11.5. The Morgan fingerprint density at radius 2 is 1.36 bits per heavy atom. The summed E-state index contributed by atoms with van der Waals surface area (Å²) in [4.78, 5) is 28.3. The molecule has 0 fully saturated rings. The topological polar surface area (TPSA) is 90.4 Å². The molecule has 0 bridgehead atoms. The van der Waals surface area contributed by atoms with Crippen LogP contribution in [0.3, 0.4) is 0 Å². The minimum atomic E-state index is -0.581. The van der Waals surface area contributed by atoms with E-state index in [-0.39, 0.29) is 5.69 Å². The molecule has 0 aliphatic carbocycles. The molecule has 0 radical (unpaired) electrons. The number of nitrogens with zero attached hydrogens (tertiary/aromatic N) is 2. The second kappa shape index (κ2) is 6.01. The lowest BCUT2D eigenvalue weighted by molar-refractivity contribution is 1.02. The zero-order valence-electron chi connectivity index (χ0n) is 11.5. The van der Waals surface area contributed by atoms with E-state index in [1.165, 1.54) is 0 Å². The summed E-state index contributed by atoms with van der Waals surface area (Å²) in [6.45, 7) is 0. The fourth-order valence-corrected chi connectivity index (χ4v) is 1.99. The van der Waals surface area contributed by atoms with E-state index in [0.717, 1.165) is 0 Å². The average Bonchev–Trinajstić information content (AvgIpc) is 2.55. The van der Waals surface area contributed by atoms with Crippen molar-refractivity contribution in [2.24, 2.45) is 10.2 Å². The van der Waals surface area contributed by atoms with Crippen LogP contribution in [0.25, 0.3) is 11.3 Å². The summed E-state index contributed by atoms with van der Waals surface area (Å²) >= 11 is 0. The molecule has 3 aromatic rings. The summed E-state index contributed by atoms with van der Waals surface area (Å²) in [7, 11) is 0. The van der Waals surface area contributed by atoms with Crippen LogP contribution in [0.2, 0.25) is 0 Å². The lowest BCUT2D eigenvalue weighted by atomic mass is 10.1. The first-order valence-corrected chi connectivity index (χ1v) is 6.63. The molecule has 0 saturated carbocycles. The smallest absolute Gasteiger partial charge is 0.305 e. The van der Waals surface area contributed by atoms with E-state index in [1.807, 2.05) is 36.4 Å². The molecule has 0 aliphatic rings. The van der Waals surface area contributed by atoms with Crippen LogP contribution in [-0.4, -0.2) is 9.97 Å². The maximum Gasteiger partial charge on any atom is 0.326 e. The number of benzene rings is 2. The molecule has 2 N–H and O–H groups in total. The fraction of sp³-hybridized carbons (Fsp3) is 0. The number of nitrogens with one attached hydrogen (secondary N) is 2. The largest absolute Gasteiger partial charge is 0.326 e. The third-order valence-corrected chi connectivity index (χ3v) is 3.00.